The maximum absolute atomic E-state index is 12.8. The van der Waals surface area contributed by atoms with Crippen molar-refractivity contribution in [3.8, 4) is 0 Å². The molecule has 4 fully saturated rings. The van der Waals surface area contributed by atoms with Gasteiger partial charge in [0.2, 0.25) is 0 Å². The van der Waals surface area contributed by atoms with Gasteiger partial charge in [0.15, 0.2) is 6.10 Å². The Kier molecular flexibility index (Phi) is 4.87. The lowest BCUT2D eigenvalue weighted by Crippen LogP contribution is -2.61. The third kappa shape index (κ3) is 3.64. The van der Waals surface area contributed by atoms with Crippen LogP contribution in [0.25, 0.3) is 0 Å². The van der Waals surface area contributed by atoms with Gasteiger partial charge in [0.1, 0.15) is 0 Å². The number of amides is 3. The predicted molar refractivity (Wildman–Crippen MR) is 111 cm³/mol. The third-order valence-corrected chi connectivity index (χ3v) is 7.52. The summed E-state index contributed by atoms with van der Waals surface area (Å²) in [5, 5.41) is 3.22. The summed E-state index contributed by atoms with van der Waals surface area (Å²) in [6.07, 6.45) is 5.93. The normalized spacial score (nSPS) is 31.5. The van der Waals surface area contributed by atoms with Gasteiger partial charge in [-0.05, 0) is 75.3 Å². The number of hydrogen-bond donors (Lipinski definition) is 1. The molecule has 0 radical (unpaired) electrons. The fraction of sp³-hybridized carbons (Fsp3) is 0.583. The Morgan fingerprint density at radius 2 is 1.55 bits per heavy atom. The van der Waals surface area contributed by atoms with E-state index in [0.717, 1.165) is 24.2 Å². The number of rotatable bonds is 6. The number of imide groups is 1. The maximum Gasteiger partial charge on any atom is 0.308 e. The number of carbonyl (C=O) groups is 4. The SMILES string of the molecule is C[C@H](OC(=O)CCN1C(=O)c2ccccc2C1=O)C(=O)NC12CC3CC(CC(C3)C1)C2. The molecule has 0 saturated heterocycles. The second-order valence-electron chi connectivity index (χ2n) is 9.88. The zero-order chi connectivity index (χ0) is 21.8. The van der Waals surface area contributed by atoms with Crippen LogP contribution < -0.4 is 5.32 Å². The summed E-state index contributed by atoms with van der Waals surface area (Å²) in [5.74, 6) is 0.486. The molecule has 1 aromatic rings. The van der Waals surface area contributed by atoms with Crippen molar-refractivity contribution < 1.29 is 23.9 Å². The first-order valence-corrected chi connectivity index (χ1v) is 11.3. The molecule has 7 nitrogen and oxygen atoms in total. The quantitative estimate of drug-likeness (QED) is 0.560. The topological polar surface area (TPSA) is 92.8 Å². The highest BCUT2D eigenvalue weighted by atomic mass is 16.5. The van der Waals surface area contributed by atoms with Crippen LogP contribution in [0.4, 0.5) is 0 Å². The zero-order valence-electron chi connectivity index (χ0n) is 17.8. The van der Waals surface area contributed by atoms with Crippen LogP contribution in [0.2, 0.25) is 0 Å². The van der Waals surface area contributed by atoms with Crippen LogP contribution in [0, 0.1) is 17.8 Å². The molecule has 1 aliphatic heterocycles. The molecule has 1 heterocycles. The molecule has 31 heavy (non-hydrogen) atoms. The van der Waals surface area contributed by atoms with E-state index in [9.17, 15) is 19.2 Å². The Bertz CT molecular complexity index is 885. The van der Waals surface area contributed by atoms with Gasteiger partial charge in [-0.25, -0.2) is 0 Å². The van der Waals surface area contributed by atoms with Crippen molar-refractivity contribution >= 4 is 23.7 Å². The van der Waals surface area contributed by atoms with Crippen LogP contribution in [0.5, 0.6) is 0 Å². The van der Waals surface area contributed by atoms with E-state index in [1.807, 2.05) is 0 Å². The molecule has 1 N–H and O–H groups in total. The van der Waals surface area contributed by atoms with Gasteiger partial charge in [0.25, 0.3) is 17.7 Å². The van der Waals surface area contributed by atoms with Crippen molar-refractivity contribution in [2.45, 2.75) is 63.5 Å². The standard InChI is InChI=1S/C24H28N2O5/c1-14(21(28)25-24-11-15-8-16(12-24)10-17(9-15)13-24)31-20(27)6-7-26-22(29)18-4-2-3-5-19(18)23(26)30/h2-5,14-17H,6-13H2,1H3,(H,25,28)/t14-,15?,16?,17?,24?/m0/s1. The number of nitrogens with one attached hydrogen (secondary N) is 1. The molecule has 3 amide bonds. The molecule has 4 aliphatic carbocycles. The van der Waals surface area contributed by atoms with Crippen molar-refractivity contribution in [1.29, 1.82) is 0 Å². The molecule has 0 spiro atoms. The lowest BCUT2D eigenvalue weighted by atomic mass is 9.53. The number of fused-ring (bicyclic) bond motifs is 1. The number of hydrogen-bond acceptors (Lipinski definition) is 5. The summed E-state index contributed by atoms with van der Waals surface area (Å²) in [7, 11) is 0. The summed E-state index contributed by atoms with van der Waals surface area (Å²) >= 11 is 0. The molecule has 164 valence electrons. The number of nitrogens with zero attached hydrogens (tertiary/aromatic N) is 1. The molecule has 0 aromatic heterocycles. The van der Waals surface area contributed by atoms with Crippen molar-refractivity contribution in [2.75, 3.05) is 6.54 Å². The summed E-state index contributed by atoms with van der Waals surface area (Å²) in [5.41, 5.74) is 0.570. The highest BCUT2D eigenvalue weighted by molar-refractivity contribution is 6.21. The van der Waals surface area contributed by atoms with Gasteiger partial charge in [0.05, 0.1) is 17.5 Å². The van der Waals surface area contributed by atoms with Gasteiger partial charge in [-0.2, -0.15) is 0 Å². The van der Waals surface area contributed by atoms with Gasteiger partial charge in [-0.3, -0.25) is 24.1 Å². The van der Waals surface area contributed by atoms with E-state index < -0.39 is 23.9 Å². The average Bonchev–Trinajstić information content (AvgIpc) is 2.95. The second kappa shape index (κ2) is 7.46. The molecule has 7 heteroatoms. The lowest BCUT2D eigenvalue weighted by molar-refractivity contribution is -0.156. The molecule has 1 atom stereocenters. The van der Waals surface area contributed by atoms with Gasteiger partial charge in [-0.15, -0.1) is 0 Å². The smallest absolute Gasteiger partial charge is 0.308 e. The molecule has 0 unspecified atom stereocenters. The molecular formula is C24H28N2O5. The van der Waals surface area contributed by atoms with E-state index in [4.69, 9.17) is 4.74 Å². The largest absolute Gasteiger partial charge is 0.452 e. The van der Waals surface area contributed by atoms with E-state index in [0.29, 0.717) is 28.9 Å². The molecule has 4 saturated carbocycles. The van der Waals surface area contributed by atoms with E-state index in [2.05, 4.69) is 5.32 Å². The van der Waals surface area contributed by atoms with Crippen LogP contribution in [-0.4, -0.2) is 46.8 Å². The zero-order valence-corrected chi connectivity index (χ0v) is 17.8. The van der Waals surface area contributed by atoms with Gasteiger partial charge in [0, 0.05) is 12.1 Å². The number of carbonyl (C=O) groups excluding carboxylic acids is 4. The first-order chi connectivity index (χ1) is 14.8. The predicted octanol–water partition coefficient (Wildman–Crippen LogP) is 2.69. The molecule has 4 bridgehead atoms. The fourth-order valence-electron chi connectivity index (χ4n) is 6.58. The van der Waals surface area contributed by atoms with E-state index in [1.54, 1.807) is 31.2 Å². The van der Waals surface area contributed by atoms with E-state index in [1.165, 1.54) is 19.3 Å². The van der Waals surface area contributed by atoms with Crippen molar-refractivity contribution in [3.63, 3.8) is 0 Å². The van der Waals surface area contributed by atoms with E-state index in [-0.39, 0.29) is 24.4 Å². The molecule has 6 rings (SSSR count). The van der Waals surface area contributed by atoms with Gasteiger partial charge in [-0.1, -0.05) is 12.1 Å². The highest BCUT2D eigenvalue weighted by Crippen LogP contribution is 2.55. The second-order valence-corrected chi connectivity index (χ2v) is 9.88. The first kappa shape index (κ1) is 20.2. The van der Waals surface area contributed by atoms with Crippen LogP contribution in [0.3, 0.4) is 0 Å². The Morgan fingerprint density at radius 1 is 1.03 bits per heavy atom. The Balaban J connectivity index is 1.13. The van der Waals surface area contributed by atoms with Crippen molar-refractivity contribution in [2.24, 2.45) is 17.8 Å². The Labute approximate surface area is 181 Å². The summed E-state index contributed by atoms with van der Waals surface area (Å²) < 4.78 is 5.33. The minimum Gasteiger partial charge on any atom is -0.452 e. The van der Waals surface area contributed by atoms with Crippen molar-refractivity contribution in [3.05, 3.63) is 35.4 Å². The maximum atomic E-state index is 12.8. The number of ether oxygens (including phenoxy) is 1. The van der Waals surface area contributed by atoms with Crippen molar-refractivity contribution in [1.82, 2.24) is 10.2 Å². The summed E-state index contributed by atoms with van der Waals surface area (Å²) in [6.45, 7) is 1.52. The van der Waals surface area contributed by atoms with Crippen LogP contribution in [0.1, 0.15) is 72.6 Å². The lowest BCUT2D eigenvalue weighted by Gasteiger charge is -2.57. The van der Waals surface area contributed by atoms with Gasteiger partial charge >= 0.3 is 5.97 Å². The highest BCUT2D eigenvalue weighted by Gasteiger charge is 2.51. The molecule has 5 aliphatic rings. The minimum absolute atomic E-state index is 0.0610. The summed E-state index contributed by atoms with van der Waals surface area (Å²) in [4.78, 5) is 50.9. The minimum atomic E-state index is -0.900. The molecular weight excluding hydrogens is 396 g/mol. The van der Waals surface area contributed by atoms with Crippen LogP contribution >= 0.6 is 0 Å². The van der Waals surface area contributed by atoms with Crippen LogP contribution in [0.15, 0.2) is 24.3 Å². The van der Waals surface area contributed by atoms with Gasteiger partial charge < -0.3 is 10.1 Å². The Morgan fingerprint density at radius 3 is 2.06 bits per heavy atom. The Hall–Kier alpha value is -2.70. The van der Waals surface area contributed by atoms with Crippen LogP contribution in [-0.2, 0) is 14.3 Å². The first-order valence-electron chi connectivity index (χ1n) is 11.3. The third-order valence-electron chi connectivity index (χ3n) is 7.52. The number of esters is 1. The monoisotopic (exact) mass is 424 g/mol. The summed E-state index contributed by atoms with van der Waals surface area (Å²) in [6, 6.07) is 6.60. The van der Waals surface area contributed by atoms with E-state index >= 15 is 0 Å². The molecule has 1 aromatic carbocycles. The number of benzene rings is 1. The fourth-order valence-corrected chi connectivity index (χ4v) is 6.58. The average molecular weight is 424 g/mol.